The summed E-state index contributed by atoms with van der Waals surface area (Å²) in [6.45, 7) is 5.02. The molecule has 0 aromatic carbocycles. The van der Waals surface area contributed by atoms with Crippen molar-refractivity contribution in [2.24, 2.45) is 7.05 Å². The Morgan fingerprint density at radius 2 is 2.14 bits per heavy atom. The third-order valence-corrected chi connectivity index (χ3v) is 4.10. The lowest BCUT2D eigenvalue weighted by Crippen LogP contribution is -2.37. The zero-order valence-electron chi connectivity index (χ0n) is 12.6. The molecule has 0 bridgehead atoms. The number of amides is 1. The largest absolute Gasteiger partial charge is 0.339 e. The predicted molar refractivity (Wildman–Crippen MR) is 83.0 cm³/mol. The van der Waals surface area contributed by atoms with Gasteiger partial charge in [0.25, 0.3) is 0 Å². The molecule has 2 aromatic rings. The van der Waals surface area contributed by atoms with E-state index in [2.05, 4.69) is 16.5 Å². The van der Waals surface area contributed by atoms with Gasteiger partial charge < -0.3 is 9.47 Å². The quantitative estimate of drug-likeness (QED) is 0.810. The van der Waals surface area contributed by atoms with E-state index in [-0.39, 0.29) is 5.91 Å². The number of hydrogen-bond donors (Lipinski definition) is 0. The van der Waals surface area contributed by atoms with Gasteiger partial charge in [-0.15, -0.1) is 0 Å². The number of carbonyl (C=O) groups is 1. The Bertz CT molecular complexity index is 685. The Hall–Kier alpha value is -2.50. The third-order valence-electron chi connectivity index (χ3n) is 4.10. The molecule has 1 aliphatic rings. The Kier molecular flexibility index (Phi) is 4.00. The summed E-state index contributed by atoms with van der Waals surface area (Å²) in [4.78, 5) is 26.8. The van der Waals surface area contributed by atoms with Gasteiger partial charge in [0.2, 0.25) is 5.91 Å². The highest BCUT2D eigenvalue weighted by molar-refractivity contribution is 5.87. The van der Waals surface area contributed by atoms with Gasteiger partial charge in [0, 0.05) is 44.6 Å². The second-order valence-electron chi connectivity index (χ2n) is 5.49. The van der Waals surface area contributed by atoms with Gasteiger partial charge in [0.15, 0.2) is 5.82 Å². The minimum atomic E-state index is 0.00583. The van der Waals surface area contributed by atoms with E-state index in [9.17, 15) is 4.79 Å². The first-order valence-corrected chi connectivity index (χ1v) is 7.40. The van der Waals surface area contributed by atoms with Crippen molar-refractivity contribution in [2.75, 3.05) is 13.1 Å². The summed E-state index contributed by atoms with van der Waals surface area (Å²) < 4.78 is 1.93. The third kappa shape index (κ3) is 2.77. The molecule has 22 heavy (non-hydrogen) atoms. The smallest absolute Gasteiger partial charge is 0.245 e. The van der Waals surface area contributed by atoms with Crippen LogP contribution in [0.15, 0.2) is 37.4 Å². The number of hydrogen-bond acceptors (Lipinski definition) is 4. The van der Waals surface area contributed by atoms with Crippen LogP contribution >= 0.6 is 0 Å². The van der Waals surface area contributed by atoms with Crippen LogP contribution in [-0.2, 0) is 11.8 Å². The number of imidazole rings is 1. The molecule has 1 amide bonds. The summed E-state index contributed by atoms with van der Waals surface area (Å²) in [5.41, 5.74) is 1.76. The fourth-order valence-electron chi connectivity index (χ4n) is 2.82. The zero-order chi connectivity index (χ0) is 15.5. The zero-order valence-corrected chi connectivity index (χ0v) is 12.6. The number of rotatable bonds is 3. The predicted octanol–water partition coefficient (Wildman–Crippen LogP) is 1.77. The minimum Gasteiger partial charge on any atom is -0.339 e. The van der Waals surface area contributed by atoms with Gasteiger partial charge in [-0.2, -0.15) is 0 Å². The SMILES string of the molecule is C=CC(=O)N1CCC(c2cncc(-c3nccn3C)n2)CC1. The highest BCUT2D eigenvalue weighted by atomic mass is 16.2. The van der Waals surface area contributed by atoms with Crippen LogP contribution in [0.25, 0.3) is 11.5 Å². The van der Waals surface area contributed by atoms with Crippen molar-refractivity contribution in [1.29, 1.82) is 0 Å². The molecule has 3 rings (SSSR count). The van der Waals surface area contributed by atoms with Crippen molar-refractivity contribution < 1.29 is 4.79 Å². The van der Waals surface area contributed by atoms with E-state index >= 15 is 0 Å². The van der Waals surface area contributed by atoms with Gasteiger partial charge in [-0.25, -0.2) is 9.97 Å². The van der Waals surface area contributed by atoms with Crippen molar-refractivity contribution in [3.05, 3.63) is 43.1 Å². The van der Waals surface area contributed by atoms with Crippen LogP contribution in [0, 0.1) is 0 Å². The molecule has 1 aliphatic heterocycles. The normalized spacial score (nSPS) is 15.8. The second-order valence-corrected chi connectivity index (χ2v) is 5.49. The van der Waals surface area contributed by atoms with Gasteiger partial charge >= 0.3 is 0 Å². The number of aromatic nitrogens is 4. The molecule has 114 valence electrons. The van der Waals surface area contributed by atoms with Crippen LogP contribution in [0.3, 0.4) is 0 Å². The molecule has 0 saturated carbocycles. The monoisotopic (exact) mass is 297 g/mol. The van der Waals surface area contributed by atoms with E-state index in [1.807, 2.05) is 28.9 Å². The van der Waals surface area contributed by atoms with E-state index < -0.39 is 0 Å². The standard InChI is InChI=1S/C16H19N5O/c1-3-15(22)21-7-4-12(5-8-21)13-10-17-11-14(19-13)16-18-6-9-20(16)2/h3,6,9-12H,1,4-5,7-8H2,2H3. The average Bonchev–Trinajstić information content (AvgIpc) is 3.00. The number of nitrogens with zero attached hydrogens (tertiary/aromatic N) is 5. The van der Waals surface area contributed by atoms with Gasteiger partial charge in [-0.05, 0) is 18.9 Å². The number of piperidine rings is 1. The summed E-state index contributed by atoms with van der Waals surface area (Å²) >= 11 is 0. The topological polar surface area (TPSA) is 63.9 Å². The molecule has 0 N–H and O–H groups in total. The summed E-state index contributed by atoms with van der Waals surface area (Å²) in [5, 5.41) is 0. The van der Waals surface area contributed by atoms with Gasteiger partial charge in [0.05, 0.1) is 11.9 Å². The fourth-order valence-corrected chi connectivity index (χ4v) is 2.82. The lowest BCUT2D eigenvalue weighted by atomic mass is 9.93. The number of carbonyl (C=O) groups excluding carboxylic acids is 1. The first-order chi connectivity index (χ1) is 10.7. The second kappa shape index (κ2) is 6.09. The molecule has 0 unspecified atom stereocenters. The maximum atomic E-state index is 11.6. The number of likely N-dealkylation sites (tertiary alicyclic amines) is 1. The Labute approximate surface area is 129 Å². The maximum Gasteiger partial charge on any atom is 0.245 e. The average molecular weight is 297 g/mol. The van der Waals surface area contributed by atoms with Crippen molar-refractivity contribution in [2.45, 2.75) is 18.8 Å². The van der Waals surface area contributed by atoms with Crippen molar-refractivity contribution >= 4 is 5.91 Å². The highest BCUT2D eigenvalue weighted by Gasteiger charge is 2.24. The molecular formula is C16H19N5O. The van der Waals surface area contributed by atoms with Crippen LogP contribution in [0.5, 0.6) is 0 Å². The molecule has 1 fully saturated rings. The van der Waals surface area contributed by atoms with Crippen molar-refractivity contribution in [1.82, 2.24) is 24.4 Å². The molecule has 2 aromatic heterocycles. The molecule has 0 aliphatic carbocycles. The molecule has 6 nitrogen and oxygen atoms in total. The van der Waals surface area contributed by atoms with Crippen LogP contribution in [-0.4, -0.2) is 43.4 Å². The first-order valence-electron chi connectivity index (χ1n) is 7.40. The Morgan fingerprint density at radius 3 is 2.77 bits per heavy atom. The van der Waals surface area contributed by atoms with Crippen LogP contribution < -0.4 is 0 Å². The van der Waals surface area contributed by atoms with Crippen molar-refractivity contribution in [3.8, 4) is 11.5 Å². The lowest BCUT2D eigenvalue weighted by molar-refractivity contribution is -0.127. The molecule has 0 atom stereocenters. The Balaban J connectivity index is 1.75. The summed E-state index contributed by atoms with van der Waals surface area (Å²) in [6.07, 6.45) is 10.4. The van der Waals surface area contributed by atoms with E-state index in [4.69, 9.17) is 4.98 Å². The van der Waals surface area contributed by atoms with Gasteiger partial charge in [-0.1, -0.05) is 6.58 Å². The Morgan fingerprint density at radius 1 is 1.36 bits per heavy atom. The molecular weight excluding hydrogens is 278 g/mol. The highest BCUT2D eigenvalue weighted by Crippen LogP contribution is 2.27. The van der Waals surface area contributed by atoms with E-state index in [0.717, 1.165) is 43.1 Å². The summed E-state index contributed by atoms with van der Waals surface area (Å²) in [5.74, 6) is 1.15. The van der Waals surface area contributed by atoms with Gasteiger partial charge in [0.1, 0.15) is 5.69 Å². The molecule has 0 radical (unpaired) electrons. The molecule has 3 heterocycles. The fraction of sp³-hybridized carbons (Fsp3) is 0.375. The molecule has 6 heteroatoms. The van der Waals surface area contributed by atoms with Gasteiger partial charge in [-0.3, -0.25) is 9.78 Å². The van der Waals surface area contributed by atoms with Crippen LogP contribution in [0.2, 0.25) is 0 Å². The minimum absolute atomic E-state index is 0.00583. The van der Waals surface area contributed by atoms with E-state index in [1.54, 1.807) is 12.4 Å². The van der Waals surface area contributed by atoms with Crippen LogP contribution in [0.1, 0.15) is 24.5 Å². The van der Waals surface area contributed by atoms with Crippen molar-refractivity contribution in [3.63, 3.8) is 0 Å². The number of aryl methyl sites for hydroxylation is 1. The summed E-state index contributed by atoms with van der Waals surface area (Å²) in [7, 11) is 1.94. The molecule has 1 saturated heterocycles. The maximum absolute atomic E-state index is 11.6. The molecule has 0 spiro atoms. The summed E-state index contributed by atoms with van der Waals surface area (Å²) in [6, 6.07) is 0. The van der Waals surface area contributed by atoms with E-state index in [1.165, 1.54) is 6.08 Å². The first kappa shape index (κ1) is 14.4. The van der Waals surface area contributed by atoms with Crippen LogP contribution in [0.4, 0.5) is 0 Å². The lowest BCUT2D eigenvalue weighted by Gasteiger charge is -2.30. The van der Waals surface area contributed by atoms with E-state index in [0.29, 0.717) is 5.92 Å².